The van der Waals surface area contributed by atoms with E-state index in [2.05, 4.69) is 61.1 Å². The van der Waals surface area contributed by atoms with Crippen molar-refractivity contribution in [2.24, 2.45) is 0 Å². The van der Waals surface area contributed by atoms with E-state index in [0.29, 0.717) is 0 Å². The third-order valence-corrected chi connectivity index (χ3v) is 6.25. The molecule has 0 bridgehead atoms. The van der Waals surface area contributed by atoms with Crippen LogP contribution in [0.4, 0.5) is 9.59 Å². The number of hydrogen-bond donors (Lipinski definition) is 8. The Morgan fingerprint density at radius 3 is 0.900 bits per heavy atom. The number of aromatic amines is 4. The lowest BCUT2D eigenvalue weighted by molar-refractivity contribution is 0.230. The second-order valence-electron chi connectivity index (χ2n) is 8.98. The van der Waals surface area contributed by atoms with E-state index >= 15 is 0 Å². The van der Waals surface area contributed by atoms with Gasteiger partial charge >= 0.3 is 12.1 Å². The van der Waals surface area contributed by atoms with Crippen LogP contribution < -0.4 is 21.3 Å². The number of imidazole rings is 4. The normalized spacial score (nSPS) is 13.7. The average Bonchev–Trinajstić information content (AvgIpc) is 3.80. The molecule has 0 spiro atoms. The van der Waals surface area contributed by atoms with Gasteiger partial charge in [-0.2, -0.15) is 0 Å². The number of nitrogens with one attached hydrogen (secondary N) is 8. The first kappa shape index (κ1) is 29.9. The molecule has 0 aliphatic rings. The second-order valence-corrected chi connectivity index (χ2v) is 8.98. The predicted molar refractivity (Wildman–Crippen MR) is 150 cm³/mol. The van der Waals surface area contributed by atoms with E-state index in [0.717, 1.165) is 49.0 Å². The van der Waals surface area contributed by atoms with Gasteiger partial charge in [-0.1, -0.05) is 27.7 Å². The minimum absolute atomic E-state index is 0.126. The van der Waals surface area contributed by atoms with Crippen molar-refractivity contribution in [2.45, 2.75) is 77.5 Å². The molecule has 4 amide bonds. The third kappa shape index (κ3) is 8.71. The van der Waals surface area contributed by atoms with Crippen LogP contribution in [0.3, 0.4) is 0 Å². The fourth-order valence-corrected chi connectivity index (χ4v) is 4.04. The van der Waals surface area contributed by atoms with Crippen molar-refractivity contribution >= 4 is 12.1 Å². The first-order valence-corrected chi connectivity index (χ1v) is 13.6. The summed E-state index contributed by atoms with van der Waals surface area (Å²) < 4.78 is 0. The lowest BCUT2D eigenvalue weighted by Gasteiger charge is -2.19. The monoisotopic (exact) mass is 552 g/mol. The maximum absolute atomic E-state index is 12.1. The molecule has 0 saturated heterocycles. The van der Waals surface area contributed by atoms with Crippen LogP contribution in [0.5, 0.6) is 0 Å². The highest BCUT2D eigenvalue weighted by molar-refractivity contribution is 5.75. The third-order valence-electron chi connectivity index (χ3n) is 6.25. The quantitative estimate of drug-likeness (QED) is 0.130. The zero-order valence-corrected chi connectivity index (χ0v) is 23.4. The Morgan fingerprint density at radius 1 is 0.525 bits per heavy atom. The van der Waals surface area contributed by atoms with E-state index in [9.17, 15) is 9.59 Å². The summed E-state index contributed by atoms with van der Waals surface area (Å²) in [6.07, 6.45) is 16.7. The van der Waals surface area contributed by atoms with Crippen LogP contribution in [-0.2, 0) is 0 Å². The van der Waals surface area contributed by atoms with Gasteiger partial charge in [0.1, 0.15) is 23.3 Å². The molecule has 4 heterocycles. The number of nitrogens with zero attached hydrogens (tertiary/aromatic N) is 4. The molecule has 0 aromatic carbocycles. The molecule has 4 aromatic rings. The average molecular weight is 553 g/mol. The molecule has 0 aliphatic carbocycles. The van der Waals surface area contributed by atoms with E-state index in [1.165, 1.54) is 0 Å². The molecule has 4 rings (SSSR count). The van der Waals surface area contributed by atoms with Crippen LogP contribution in [-0.4, -0.2) is 51.9 Å². The molecule has 0 aliphatic heterocycles. The van der Waals surface area contributed by atoms with Crippen molar-refractivity contribution in [3.8, 4) is 0 Å². The van der Waals surface area contributed by atoms with Crippen molar-refractivity contribution in [2.75, 3.05) is 0 Å². The van der Waals surface area contributed by atoms with Crippen LogP contribution in [0.25, 0.3) is 0 Å². The molecule has 4 unspecified atom stereocenters. The molecule has 14 heteroatoms. The molecule has 4 atom stereocenters. The Kier molecular flexibility index (Phi) is 11.8. The molecular formula is C26H40N12O2. The highest BCUT2D eigenvalue weighted by atomic mass is 16.2. The van der Waals surface area contributed by atoms with Crippen LogP contribution in [0.2, 0.25) is 0 Å². The summed E-state index contributed by atoms with van der Waals surface area (Å²) in [7, 11) is 0. The fourth-order valence-electron chi connectivity index (χ4n) is 4.04. The maximum atomic E-state index is 12.1. The van der Waals surface area contributed by atoms with Crippen LogP contribution in [0, 0.1) is 0 Å². The van der Waals surface area contributed by atoms with Gasteiger partial charge in [0.25, 0.3) is 0 Å². The van der Waals surface area contributed by atoms with Crippen LogP contribution in [0.1, 0.15) is 101 Å². The molecule has 8 N–H and O–H groups in total. The number of urea groups is 2. The maximum Gasteiger partial charge on any atom is 0.315 e. The summed E-state index contributed by atoms with van der Waals surface area (Å²) in [6, 6.07) is -0.954. The van der Waals surface area contributed by atoms with E-state index in [-0.39, 0.29) is 36.2 Å². The fraction of sp³-hybridized carbons (Fsp3) is 0.462. The van der Waals surface area contributed by atoms with Crippen molar-refractivity contribution in [3.05, 3.63) is 72.9 Å². The molecule has 0 saturated carbocycles. The molecule has 216 valence electrons. The minimum Gasteiger partial charge on any atom is -0.347 e. The van der Waals surface area contributed by atoms with E-state index in [1.54, 1.807) is 49.6 Å². The van der Waals surface area contributed by atoms with E-state index in [4.69, 9.17) is 0 Å². The Hall–Kier alpha value is -4.62. The number of H-pyrrole nitrogens is 4. The van der Waals surface area contributed by atoms with E-state index in [1.807, 2.05) is 27.7 Å². The van der Waals surface area contributed by atoms with Gasteiger partial charge in [-0.05, 0) is 25.7 Å². The summed E-state index contributed by atoms with van der Waals surface area (Å²) in [5, 5.41) is 11.6. The van der Waals surface area contributed by atoms with Gasteiger partial charge in [-0.15, -0.1) is 0 Å². The van der Waals surface area contributed by atoms with Gasteiger partial charge in [0, 0.05) is 49.6 Å². The highest BCUT2D eigenvalue weighted by Crippen LogP contribution is 2.15. The standard InChI is InChI=1S/2C13H20N6O/c2*1-3-9(11-14-5-6-15-11)18-13(20)19-10(4-2)12-16-7-8-17-12/h2*5-10H,3-4H2,1-2H3,(H,14,15)(H,16,17)(H2,18,19,20). The Labute approximate surface area is 233 Å². The lowest BCUT2D eigenvalue weighted by Crippen LogP contribution is -2.40. The molecular weight excluding hydrogens is 512 g/mol. The molecule has 0 fully saturated rings. The van der Waals surface area contributed by atoms with Gasteiger partial charge in [0.15, 0.2) is 0 Å². The number of amides is 4. The van der Waals surface area contributed by atoms with Crippen molar-refractivity contribution in [1.29, 1.82) is 0 Å². The van der Waals surface area contributed by atoms with Gasteiger partial charge in [0.05, 0.1) is 24.2 Å². The first-order valence-electron chi connectivity index (χ1n) is 13.6. The van der Waals surface area contributed by atoms with E-state index < -0.39 is 0 Å². The molecule has 14 nitrogen and oxygen atoms in total. The number of rotatable bonds is 12. The predicted octanol–water partition coefficient (Wildman–Crippen LogP) is 4.07. The van der Waals surface area contributed by atoms with Gasteiger partial charge < -0.3 is 41.2 Å². The Balaban J connectivity index is 0.000000220. The topological polar surface area (TPSA) is 197 Å². The number of aromatic nitrogens is 8. The van der Waals surface area contributed by atoms with Gasteiger partial charge in [0.2, 0.25) is 0 Å². The van der Waals surface area contributed by atoms with Gasteiger partial charge in [-0.25, -0.2) is 29.5 Å². The van der Waals surface area contributed by atoms with Crippen molar-refractivity contribution < 1.29 is 9.59 Å². The number of carbonyl (C=O) groups excluding carboxylic acids is 2. The number of hydrogen-bond acceptors (Lipinski definition) is 6. The summed E-state index contributed by atoms with van der Waals surface area (Å²) >= 11 is 0. The largest absolute Gasteiger partial charge is 0.347 e. The summed E-state index contributed by atoms with van der Waals surface area (Å²) in [6.45, 7) is 7.99. The first-order chi connectivity index (χ1) is 19.5. The summed E-state index contributed by atoms with van der Waals surface area (Å²) in [5.74, 6) is 3.03. The smallest absolute Gasteiger partial charge is 0.315 e. The van der Waals surface area contributed by atoms with Gasteiger partial charge in [-0.3, -0.25) is 0 Å². The molecule has 0 radical (unpaired) electrons. The zero-order chi connectivity index (χ0) is 28.7. The Morgan fingerprint density at radius 2 is 0.750 bits per heavy atom. The highest BCUT2D eigenvalue weighted by Gasteiger charge is 2.20. The van der Waals surface area contributed by atoms with Crippen molar-refractivity contribution in [3.63, 3.8) is 0 Å². The SMILES string of the molecule is CCC(NC(=O)NC(CC)c1ncc[nH]1)c1ncc[nH]1.CCC(NC(=O)NC(CC)c1ncc[nH]1)c1ncc[nH]1. The molecule has 4 aromatic heterocycles. The lowest BCUT2D eigenvalue weighted by atomic mass is 10.2. The summed E-state index contributed by atoms with van der Waals surface area (Å²) in [5.41, 5.74) is 0. The van der Waals surface area contributed by atoms with Crippen LogP contribution >= 0.6 is 0 Å². The second kappa shape index (κ2) is 15.7. The minimum atomic E-state index is -0.225. The number of carbonyl (C=O) groups is 2. The van der Waals surface area contributed by atoms with Crippen molar-refractivity contribution in [1.82, 2.24) is 61.1 Å². The zero-order valence-electron chi connectivity index (χ0n) is 23.4. The van der Waals surface area contributed by atoms with Crippen LogP contribution in [0.15, 0.2) is 49.6 Å². The molecule has 40 heavy (non-hydrogen) atoms. The Bertz CT molecular complexity index is 1020. The summed E-state index contributed by atoms with van der Waals surface area (Å²) in [4.78, 5) is 52.9.